The fourth-order valence-electron chi connectivity index (χ4n) is 5.20. The van der Waals surface area contributed by atoms with E-state index in [1.54, 1.807) is 13.2 Å². The zero-order chi connectivity index (χ0) is 18.5. The Morgan fingerprint density at radius 2 is 2.04 bits per heavy atom. The van der Waals surface area contributed by atoms with Crippen LogP contribution in [-0.2, 0) is 0 Å². The van der Waals surface area contributed by atoms with Crippen LogP contribution < -0.4 is 4.74 Å². The fraction of sp³-hybridized carbons (Fsp3) is 0.524. The minimum absolute atomic E-state index is 0.0266. The van der Waals surface area contributed by atoms with Crippen molar-refractivity contribution >= 4 is 5.91 Å². The van der Waals surface area contributed by atoms with Gasteiger partial charge in [-0.15, -0.1) is 0 Å². The molecule has 0 N–H and O–H groups in total. The van der Waals surface area contributed by atoms with Crippen LogP contribution in [0.2, 0.25) is 0 Å². The summed E-state index contributed by atoms with van der Waals surface area (Å²) in [6, 6.07) is 9.61. The number of nitrogens with zero attached hydrogens (tertiary/aromatic N) is 2. The third-order valence-electron chi connectivity index (χ3n) is 5.78. The van der Waals surface area contributed by atoms with E-state index < -0.39 is 0 Å². The van der Waals surface area contributed by atoms with Crippen LogP contribution in [0.25, 0.3) is 11.3 Å². The number of amides is 1. The summed E-state index contributed by atoms with van der Waals surface area (Å²) in [6.45, 7) is 7.72. The third-order valence-corrected chi connectivity index (χ3v) is 5.78. The van der Waals surface area contributed by atoms with Gasteiger partial charge >= 0.3 is 0 Å². The van der Waals surface area contributed by atoms with Crippen LogP contribution in [0.4, 0.5) is 0 Å². The molecule has 5 heteroatoms. The Bertz CT molecular complexity index is 841. The Hall–Kier alpha value is -2.30. The molecule has 2 aliphatic rings. The lowest BCUT2D eigenvalue weighted by Crippen LogP contribution is -2.37. The van der Waals surface area contributed by atoms with Crippen molar-refractivity contribution < 1.29 is 14.1 Å². The van der Waals surface area contributed by atoms with Crippen LogP contribution in [0.15, 0.2) is 34.9 Å². The zero-order valence-electron chi connectivity index (χ0n) is 15.9. The largest absolute Gasteiger partial charge is 0.496 e. The number of para-hydroxylation sites is 1. The predicted octanol–water partition coefficient (Wildman–Crippen LogP) is 4.39. The molecule has 2 bridgehead atoms. The summed E-state index contributed by atoms with van der Waals surface area (Å²) in [5.74, 6) is 1.23. The van der Waals surface area contributed by atoms with Crippen LogP contribution in [0.5, 0.6) is 5.75 Å². The second-order valence-corrected chi connectivity index (χ2v) is 8.92. The molecular formula is C21H26N2O3. The lowest BCUT2D eigenvalue weighted by atomic mass is 9.65. The standard InChI is InChI=1S/C21H26N2O3/c1-20(2)10-14-11-21(3,12-20)13-23(14)19(24)16-9-18(26-22-16)15-7-5-6-8-17(15)25-4/h5-9,14H,10-13H2,1-4H3. The van der Waals surface area contributed by atoms with Gasteiger partial charge in [0.05, 0.1) is 12.7 Å². The maximum Gasteiger partial charge on any atom is 0.276 e. The number of aromatic nitrogens is 1. The number of methoxy groups -OCH3 is 1. The summed E-state index contributed by atoms with van der Waals surface area (Å²) in [4.78, 5) is 15.1. The number of ether oxygens (including phenoxy) is 1. The van der Waals surface area contributed by atoms with Crippen molar-refractivity contribution in [3.63, 3.8) is 0 Å². The van der Waals surface area contributed by atoms with Crippen LogP contribution in [0.1, 0.15) is 50.5 Å². The van der Waals surface area contributed by atoms with Gasteiger partial charge in [0.2, 0.25) is 0 Å². The molecule has 138 valence electrons. The molecule has 2 heterocycles. The first-order valence-electron chi connectivity index (χ1n) is 9.21. The molecule has 1 saturated heterocycles. The molecule has 1 amide bonds. The summed E-state index contributed by atoms with van der Waals surface area (Å²) in [5.41, 5.74) is 1.66. The number of carbonyl (C=O) groups is 1. The van der Waals surface area contributed by atoms with E-state index in [9.17, 15) is 4.79 Å². The zero-order valence-corrected chi connectivity index (χ0v) is 15.9. The van der Waals surface area contributed by atoms with Gasteiger partial charge in [0.15, 0.2) is 11.5 Å². The molecule has 2 aromatic rings. The molecule has 5 nitrogen and oxygen atoms in total. The lowest BCUT2D eigenvalue weighted by molar-refractivity contribution is 0.0698. The van der Waals surface area contributed by atoms with E-state index in [0.29, 0.717) is 23.2 Å². The van der Waals surface area contributed by atoms with Crippen molar-refractivity contribution in [2.24, 2.45) is 10.8 Å². The molecule has 4 rings (SSSR count). The monoisotopic (exact) mass is 354 g/mol. The molecule has 0 radical (unpaired) electrons. The fourth-order valence-corrected chi connectivity index (χ4v) is 5.20. The van der Waals surface area contributed by atoms with E-state index in [-0.39, 0.29) is 16.7 Å². The van der Waals surface area contributed by atoms with Gasteiger partial charge in [0.25, 0.3) is 5.91 Å². The molecule has 1 saturated carbocycles. The highest BCUT2D eigenvalue weighted by molar-refractivity contribution is 5.93. The Morgan fingerprint density at radius 1 is 1.27 bits per heavy atom. The van der Waals surface area contributed by atoms with E-state index >= 15 is 0 Å². The topological polar surface area (TPSA) is 55.6 Å². The van der Waals surface area contributed by atoms with Crippen molar-refractivity contribution in [1.29, 1.82) is 0 Å². The van der Waals surface area contributed by atoms with E-state index in [1.165, 1.54) is 0 Å². The van der Waals surface area contributed by atoms with Gasteiger partial charge in [-0.2, -0.15) is 0 Å². The SMILES string of the molecule is COc1ccccc1-c1cc(C(=O)N2CC3(C)CC2CC(C)(C)C3)no1. The lowest BCUT2D eigenvalue weighted by Gasteiger charge is -2.39. The highest BCUT2D eigenvalue weighted by Gasteiger charge is 2.51. The first-order chi connectivity index (χ1) is 12.3. The average Bonchev–Trinajstić information content (AvgIpc) is 3.16. The Labute approximate surface area is 154 Å². The van der Waals surface area contributed by atoms with E-state index in [1.807, 2.05) is 29.2 Å². The van der Waals surface area contributed by atoms with Gasteiger partial charge in [0.1, 0.15) is 5.75 Å². The Balaban J connectivity index is 1.60. The van der Waals surface area contributed by atoms with Gasteiger partial charge in [0, 0.05) is 18.7 Å². The molecule has 1 aliphatic carbocycles. The minimum atomic E-state index is -0.0266. The van der Waals surface area contributed by atoms with Gasteiger partial charge < -0.3 is 14.2 Å². The second-order valence-electron chi connectivity index (χ2n) is 8.92. The predicted molar refractivity (Wildman–Crippen MR) is 99.1 cm³/mol. The smallest absolute Gasteiger partial charge is 0.276 e. The molecule has 2 atom stereocenters. The van der Waals surface area contributed by atoms with Crippen molar-refractivity contribution in [1.82, 2.24) is 10.1 Å². The summed E-state index contributed by atoms with van der Waals surface area (Å²) in [7, 11) is 1.62. The first-order valence-corrected chi connectivity index (χ1v) is 9.21. The highest BCUT2D eigenvalue weighted by atomic mass is 16.5. The normalized spacial score (nSPS) is 26.8. The number of hydrogen-bond acceptors (Lipinski definition) is 4. The molecule has 0 spiro atoms. The quantitative estimate of drug-likeness (QED) is 0.820. The molecule has 26 heavy (non-hydrogen) atoms. The third kappa shape index (κ3) is 2.89. The molecule has 1 aromatic heterocycles. The molecule has 2 unspecified atom stereocenters. The van der Waals surface area contributed by atoms with E-state index in [4.69, 9.17) is 9.26 Å². The maximum absolute atomic E-state index is 13.1. The van der Waals surface area contributed by atoms with Crippen LogP contribution >= 0.6 is 0 Å². The minimum Gasteiger partial charge on any atom is -0.496 e. The summed E-state index contributed by atoms with van der Waals surface area (Å²) < 4.78 is 10.9. The van der Waals surface area contributed by atoms with Gasteiger partial charge in [-0.3, -0.25) is 4.79 Å². The Kier molecular flexibility index (Phi) is 3.86. The van der Waals surface area contributed by atoms with Crippen LogP contribution in [0.3, 0.4) is 0 Å². The van der Waals surface area contributed by atoms with Crippen molar-refractivity contribution in [3.05, 3.63) is 36.0 Å². The van der Waals surface area contributed by atoms with Crippen LogP contribution in [-0.4, -0.2) is 35.7 Å². The van der Waals surface area contributed by atoms with Crippen molar-refractivity contribution in [2.45, 2.75) is 46.1 Å². The average molecular weight is 354 g/mol. The maximum atomic E-state index is 13.1. The molecule has 1 aliphatic heterocycles. The van der Waals surface area contributed by atoms with Gasteiger partial charge in [-0.1, -0.05) is 38.1 Å². The number of carbonyl (C=O) groups excluding carboxylic acids is 1. The van der Waals surface area contributed by atoms with Gasteiger partial charge in [-0.05, 0) is 42.2 Å². The number of likely N-dealkylation sites (tertiary alicyclic amines) is 1. The van der Waals surface area contributed by atoms with Gasteiger partial charge in [-0.25, -0.2) is 0 Å². The van der Waals surface area contributed by atoms with Crippen molar-refractivity contribution in [2.75, 3.05) is 13.7 Å². The van der Waals surface area contributed by atoms with Crippen molar-refractivity contribution in [3.8, 4) is 17.1 Å². The summed E-state index contributed by atoms with van der Waals surface area (Å²) >= 11 is 0. The summed E-state index contributed by atoms with van der Waals surface area (Å²) in [6.07, 6.45) is 3.29. The number of hydrogen-bond donors (Lipinski definition) is 0. The Morgan fingerprint density at radius 3 is 2.81 bits per heavy atom. The van der Waals surface area contributed by atoms with E-state index in [2.05, 4.69) is 25.9 Å². The molecule has 1 aromatic carbocycles. The summed E-state index contributed by atoms with van der Waals surface area (Å²) in [5, 5.41) is 4.06. The molecular weight excluding hydrogens is 328 g/mol. The number of rotatable bonds is 3. The number of benzene rings is 1. The second kappa shape index (κ2) is 5.86. The van der Waals surface area contributed by atoms with E-state index in [0.717, 1.165) is 31.4 Å². The first kappa shape index (κ1) is 17.1. The molecule has 2 fully saturated rings. The van der Waals surface area contributed by atoms with Crippen LogP contribution in [0, 0.1) is 10.8 Å². The highest BCUT2D eigenvalue weighted by Crippen LogP contribution is 2.52. The number of fused-ring (bicyclic) bond motifs is 2.